The lowest BCUT2D eigenvalue weighted by molar-refractivity contribution is 0.222. The van der Waals surface area contributed by atoms with Crippen LogP contribution >= 0.6 is 0 Å². The first-order valence-electron chi connectivity index (χ1n) is 6.58. The zero-order valence-electron chi connectivity index (χ0n) is 10.8. The van der Waals surface area contributed by atoms with Crippen molar-refractivity contribution in [2.45, 2.75) is 26.2 Å². The van der Waals surface area contributed by atoms with Crippen LogP contribution in [-0.4, -0.2) is 30.6 Å². The molecular formula is C14H20N2O2. The third-order valence-corrected chi connectivity index (χ3v) is 2.97. The number of anilines is 1. The Labute approximate surface area is 108 Å². The minimum absolute atomic E-state index is 0.00488. The highest BCUT2D eigenvalue weighted by atomic mass is 16.5. The summed E-state index contributed by atoms with van der Waals surface area (Å²) in [5, 5.41) is 2.90. The fourth-order valence-corrected chi connectivity index (χ4v) is 1.98. The Kier molecular flexibility index (Phi) is 4.45. The number of ether oxygens (including phenoxy) is 1. The average molecular weight is 248 g/mol. The van der Waals surface area contributed by atoms with E-state index in [9.17, 15) is 4.79 Å². The Balaban J connectivity index is 1.87. The van der Waals surface area contributed by atoms with E-state index in [2.05, 4.69) is 12.2 Å². The van der Waals surface area contributed by atoms with Crippen LogP contribution < -0.4 is 10.1 Å². The fraction of sp³-hybridized carbons (Fsp3) is 0.500. The summed E-state index contributed by atoms with van der Waals surface area (Å²) in [6, 6.07) is 7.51. The van der Waals surface area contributed by atoms with Crippen LogP contribution in [0.5, 0.6) is 5.75 Å². The SMILES string of the molecule is CCCOc1ccc(NC(=O)N2CCCC2)cc1. The molecule has 0 radical (unpaired) electrons. The summed E-state index contributed by atoms with van der Waals surface area (Å²) in [6.45, 7) is 4.52. The van der Waals surface area contributed by atoms with Gasteiger partial charge >= 0.3 is 6.03 Å². The van der Waals surface area contributed by atoms with Gasteiger partial charge < -0.3 is 15.0 Å². The highest BCUT2D eigenvalue weighted by Crippen LogP contribution is 2.17. The second kappa shape index (κ2) is 6.28. The zero-order chi connectivity index (χ0) is 12.8. The van der Waals surface area contributed by atoms with Gasteiger partial charge in [0.05, 0.1) is 6.61 Å². The minimum Gasteiger partial charge on any atom is -0.494 e. The summed E-state index contributed by atoms with van der Waals surface area (Å²) in [4.78, 5) is 13.7. The van der Waals surface area contributed by atoms with E-state index in [4.69, 9.17) is 4.74 Å². The van der Waals surface area contributed by atoms with E-state index in [-0.39, 0.29) is 6.03 Å². The number of carbonyl (C=O) groups is 1. The van der Waals surface area contributed by atoms with Crippen LogP contribution in [0.1, 0.15) is 26.2 Å². The summed E-state index contributed by atoms with van der Waals surface area (Å²) < 4.78 is 5.49. The van der Waals surface area contributed by atoms with Crippen molar-refractivity contribution in [1.82, 2.24) is 4.90 Å². The predicted octanol–water partition coefficient (Wildman–Crippen LogP) is 3.10. The molecule has 2 rings (SSSR count). The van der Waals surface area contributed by atoms with E-state index in [0.717, 1.165) is 50.4 Å². The summed E-state index contributed by atoms with van der Waals surface area (Å²) in [6.07, 6.45) is 3.21. The lowest BCUT2D eigenvalue weighted by Gasteiger charge is -2.16. The van der Waals surface area contributed by atoms with Crippen LogP contribution in [-0.2, 0) is 0 Å². The van der Waals surface area contributed by atoms with E-state index < -0.39 is 0 Å². The molecule has 18 heavy (non-hydrogen) atoms. The number of amides is 2. The molecule has 1 aromatic rings. The molecule has 0 saturated carbocycles. The first-order valence-corrected chi connectivity index (χ1v) is 6.58. The van der Waals surface area contributed by atoms with Gasteiger partial charge in [0.2, 0.25) is 0 Å². The molecule has 4 heteroatoms. The van der Waals surface area contributed by atoms with E-state index in [1.54, 1.807) is 0 Å². The summed E-state index contributed by atoms with van der Waals surface area (Å²) in [7, 11) is 0. The molecule has 0 bridgehead atoms. The molecule has 1 heterocycles. The maximum atomic E-state index is 11.9. The molecule has 0 aliphatic carbocycles. The number of benzene rings is 1. The molecular weight excluding hydrogens is 228 g/mol. The molecule has 1 saturated heterocycles. The predicted molar refractivity (Wildman–Crippen MR) is 72.1 cm³/mol. The molecule has 0 unspecified atom stereocenters. The van der Waals surface area contributed by atoms with Crippen molar-refractivity contribution < 1.29 is 9.53 Å². The van der Waals surface area contributed by atoms with E-state index in [1.807, 2.05) is 29.2 Å². The lowest BCUT2D eigenvalue weighted by Crippen LogP contribution is -2.32. The molecule has 0 atom stereocenters. The van der Waals surface area contributed by atoms with Crippen LogP contribution in [0.15, 0.2) is 24.3 Å². The summed E-state index contributed by atoms with van der Waals surface area (Å²) in [5.41, 5.74) is 0.816. The average Bonchev–Trinajstić information content (AvgIpc) is 2.92. The highest BCUT2D eigenvalue weighted by molar-refractivity contribution is 5.89. The van der Waals surface area contributed by atoms with E-state index >= 15 is 0 Å². The molecule has 98 valence electrons. The Morgan fingerprint density at radius 2 is 1.94 bits per heavy atom. The van der Waals surface area contributed by atoms with Gasteiger partial charge in [-0.25, -0.2) is 4.79 Å². The minimum atomic E-state index is -0.00488. The van der Waals surface area contributed by atoms with Gasteiger partial charge in [-0.15, -0.1) is 0 Å². The molecule has 4 nitrogen and oxygen atoms in total. The van der Waals surface area contributed by atoms with Crippen molar-refractivity contribution in [2.24, 2.45) is 0 Å². The molecule has 1 fully saturated rings. The molecule has 0 spiro atoms. The number of rotatable bonds is 4. The van der Waals surface area contributed by atoms with Gasteiger partial charge in [0.1, 0.15) is 5.75 Å². The molecule has 1 aromatic carbocycles. The molecule has 1 N–H and O–H groups in total. The van der Waals surface area contributed by atoms with Crippen LogP contribution in [0.4, 0.5) is 10.5 Å². The standard InChI is InChI=1S/C14H20N2O2/c1-2-11-18-13-7-5-12(6-8-13)15-14(17)16-9-3-4-10-16/h5-8H,2-4,9-11H2,1H3,(H,15,17). The fourth-order valence-electron chi connectivity index (χ4n) is 1.98. The van der Waals surface area contributed by atoms with Gasteiger partial charge in [-0.3, -0.25) is 0 Å². The maximum Gasteiger partial charge on any atom is 0.321 e. The second-order valence-electron chi connectivity index (χ2n) is 4.50. The number of likely N-dealkylation sites (tertiary alicyclic amines) is 1. The van der Waals surface area contributed by atoms with Gasteiger partial charge in [-0.2, -0.15) is 0 Å². The number of carbonyl (C=O) groups excluding carboxylic acids is 1. The van der Waals surface area contributed by atoms with Crippen molar-refractivity contribution in [1.29, 1.82) is 0 Å². The third-order valence-electron chi connectivity index (χ3n) is 2.97. The Hall–Kier alpha value is -1.71. The van der Waals surface area contributed by atoms with Crippen LogP contribution in [0, 0.1) is 0 Å². The quantitative estimate of drug-likeness (QED) is 0.889. The number of urea groups is 1. The number of nitrogens with zero attached hydrogens (tertiary/aromatic N) is 1. The smallest absolute Gasteiger partial charge is 0.321 e. The number of nitrogens with one attached hydrogen (secondary N) is 1. The first kappa shape index (κ1) is 12.7. The zero-order valence-corrected chi connectivity index (χ0v) is 10.8. The van der Waals surface area contributed by atoms with Gasteiger partial charge in [0.25, 0.3) is 0 Å². The van der Waals surface area contributed by atoms with Crippen LogP contribution in [0.3, 0.4) is 0 Å². The molecule has 1 aliphatic rings. The summed E-state index contributed by atoms with van der Waals surface area (Å²) >= 11 is 0. The third kappa shape index (κ3) is 3.39. The second-order valence-corrected chi connectivity index (χ2v) is 4.50. The molecule has 1 aliphatic heterocycles. The Morgan fingerprint density at radius 1 is 1.28 bits per heavy atom. The Morgan fingerprint density at radius 3 is 2.56 bits per heavy atom. The largest absolute Gasteiger partial charge is 0.494 e. The topological polar surface area (TPSA) is 41.6 Å². The van der Waals surface area contributed by atoms with Crippen molar-refractivity contribution in [3.05, 3.63) is 24.3 Å². The molecule has 0 aromatic heterocycles. The number of hydrogen-bond acceptors (Lipinski definition) is 2. The van der Waals surface area contributed by atoms with Crippen LogP contribution in [0.25, 0.3) is 0 Å². The highest BCUT2D eigenvalue weighted by Gasteiger charge is 2.17. The van der Waals surface area contributed by atoms with Gasteiger partial charge in [0.15, 0.2) is 0 Å². The normalized spacial score (nSPS) is 14.6. The van der Waals surface area contributed by atoms with Crippen LogP contribution in [0.2, 0.25) is 0 Å². The molecule has 2 amide bonds. The number of hydrogen-bond donors (Lipinski definition) is 1. The lowest BCUT2D eigenvalue weighted by atomic mass is 10.3. The van der Waals surface area contributed by atoms with Crippen molar-refractivity contribution in [3.63, 3.8) is 0 Å². The maximum absolute atomic E-state index is 11.9. The monoisotopic (exact) mass is 248 g/mol. The van der Waals surface area contributed by atoms with Gasteiger partial charge in [0, 0.05) is 18.8 Å². The van der Waals surface area contributed by atoms with Crippen molar-refractivity contribution >= 4 is 11.7 Å². The Bertz CT molecular complexity index is 383. The van der Waals surface area contributed by atoms with Gasteiger partial charge in [-0.1, -0.05) is 6.92 Å². The van der Waals surface area contributed by atoms with Crippen molar-refractivity contribution in [2.75, 3.05) is 25.0 Å². The van der Waals surface area contributed by atoms with E-state index in [1.165, 1.54) is 0 Å². The first-order chi connectivity index (χ1) is 8.79. The van der Waals surface area contributed by atoms with Crippen molar-refractivity contribution in [3.8, 4) is 5.75 Å². The van der Waals surface area contributed by atoms with Gasteiger partial charge in [-0.05, 0) is 43.5 Å². The van der Waals surface area contributed by atoms with E-state index in [0.29, 0.717) is 0 Å². The summed E-state index contributed by atoms with van der Waals surface area (Å²) in [5.74, 6) is 0.844.